The number of methoxy groups -OCH3 is 2. The van der Waals surface area contributed by atoms with Gasteiger partial charge in [-0.25, -0.2) is 14.2 Å². The molecule has 32 heavy (non-hydrogen) atoms. The van der Waals surface area contributed by atoms with Crippen molar-refractivity contribution >= 4 is 28.7 Å². The Morgan fingerprint density at radius 3 is 2.25 bits per heavy atom. The van der Waals surface area contributed by atoms with E-state index < -0.39 is 6.03 Å². The van der Waals surface area contributed by atoms with Crippen LogP contribution in [0.1, 0.15) is 0 Å². The fourth-order valence-corrected chi connectivity index (χ4v) is 3.98. The van der Waals surface area contributed by atoms with Gasteiger partial charge in [-0.3, -0.25) is 0 Å². The number of carbonyl (C=O) groups is 1. The van der Waals surface area contributed by atoms with Crippen LogP contribution in [-0.2, 0) is 0 Å². The number of halogens is 1. The van der Waals surface area contributed by atoms with Crippen molar-refractivity contribution in [3.63, 3.8) is 0 Å². The molecule has 0 unspecified atom stereocenters. The molecule has 0 spiro atoms. The molecule has 8 heteroatoms. The van der Waals surface area contributed by atoms with Crippen LogP contribution in [0.25, 0.3) is 21.8 Å². The minimum atomic E-state index is -0.433. The van der Waals surface area contributed by atoms with Crippen LogP contribution in [-0.4, -0.2) is 25.2 Å². The number of benzene rings is 3. The second-order valence-corrected chi connectivity index (χ2v) is 7.60. The highest BCUT2D eigenvalue weighted by Gasteiger charge is 2.14. The summed E-state index contributed by atoms with van der Waals surface area (Å²) in [6, 6.07) is 18.5. The molecule has 0 saturated carbocycles. The predicted molar refractivity (Wildman–Crippen MR) is 125 cm³/mol. The van der Waals surface area contributed by atoms with Crippen molar-refractivity contribution in [1.82, 2.24) is 4.98 Å². The lowest BCUT2D eigenvalue weighted by atomic mass is 10.1. The van der Waals surface area contributed by atoms with Gasteiger partial charge in [0, 0.05) is 40.4 Å². The van der Waals surface area contributed by atoms with Crippen molar-refractivity contribution in [2.24, 2.45) is 0 Å². The number of ether oxygens (including phenoxy) is 2. The fourth-order valence-electron chi connectivity index (χ4n) is 3.14. The summed E-state index contributed by atoms with van der Waals surface area (Å²) in [5.74, 6) is 0.791. The average molecular weight is 450 g/mol. The summed E-state index contributed by atoms with van der Waals surface area (Å²) in [5, 5.41) is 8.04. The Hall–Kier alpha value is -3.91. The molecule has 2 amide bonds. The van der Waals surface area contributed by atoms with Crippen LogP contribution in [0.15, 0.2) is 72.1 Å². The van der Waals surface area contributed by atoms with E-state index in [1.807, 2.05) is 23.6 Å². The van der Waals surface area contributed by atoms with E-state index in [1.165, 1.54) is 31.6 Å². The van der Waals surface area contributed by atoms with Crippen LogP contribution in [0.3, 0.4) is 0 Å². The van der Waals surface area contributed by atoms with E-state index in [4.69, 9.17) is 9.47 Å². The first-order valence-corrected chi connectivity index (χ1v) is 10.6. The Bertz CT molecular complexity index is 1240. The summed E-state index contributed by atoms with van der Waals surface area (Å²) in [5.41, 5.74) is 2.91. The summed E-state index contributed by atoms with van der Waals surface area (Å²) in [6.07, 6.45) is 0. The van der Waals surface area contributed by atoms with Gasteiger partial charge in [-0.2, -0.15) is 0 Å². The highest BCUT2D eigenvalue weighted by Crippen LogP contribution is 2.34. The molecule has 0 fully saturated rings. The van der Waals surface area contributed by atoms with E-state index in [2.05, 4.69) is 15.6 Å². The van der Waals surface area contributed by atoms with Gasteiger partial charge in [0.2, 0.25) is 0 Å². The number of amides is 2. The lowest BCUT2D eigenvalue weighted by Gasteiger charge is -2.12. The third-order valence-electron chi connectivity index (χ3n) is 4.67. The number of hydrogen-bond donors (Lipinski definition) is 2. The topological polar surface area (TPSA) is 72.5 Å². The number of thiazole rings is 1. The summed E-state index contributed by atoms with van der Waals surface area (Å²) < 4.78 is 24.6. The van der Waals surface area contributed by atoms with E-state index >= 15 is 0 Å². The van der Waals surface area contributed by atoms with Crippen molar-refractivity contribution < 1.29 is 18.7 Å². The Balaban J connectivity index is 1.56. The quantitative estimate of drug-likeness (QED) is 0.363. The van der Waals surface area contributed by atoms with Gasteiger partial charge in [0.25, 0.3) is 0 Å². The molecule has 0 aliphatic carbocycles. The minimum absolute atomic E-state index is 0.326. The number of nitrogens with zero attached hydrogens (tertiary/aromatic N) is 1. The lowest BCUT2D eigenvalue weighted by Crippen LogP contribution is -2.20. The maximum Gasteiger partial charge on any atom is 0.323 e. The Morgan fingerprint density at radius 2 is 1.56 bits per heavy atom. The Labute approximate surface area is 188 Å². The number of aromatic nitrogens is 1. The van der Waals surface area contributed by atoms with Crippen LogP contribution in [0.4, 0.5) is 20.6 Å². The fraction of sp³-hybridized carbons (Fsp3) is 0.0833. The van der Waals surface area contributed by atoms with Crippen molar-refractivity contribution in [2.75, 3.05) is 24.9 Å². The third-order valence-corrected chi connectivity index (χ3v) is 5.54. The molecular weight excluding hydrogens is 429 g/mol. The number of hydrogen-bond acceptors (Lipinski definition) is 5. The van der Waals surface area contributed by atoms with Gasteiger partial charge in [-0.05, 0) is 18.2 Å². The van der Waals surface area contributed by atoms with Crippen LogP contribution in [0.2, 0.25) is 0 Å². The minimum Gasteiger partial charge on any atom is -0.497 e. The monoisotopic (exact) mass is 449 g/mol. The van der Waals surface area contributed by atoms with Crippen LogP contribution >= 0.6 is 11.3 Å². The smallest absolute Gasteiger partial charge is 0.323 e. The zero-order valence-electron chi connectivity index (χ0n) is 17.4. The van der Waals surface area contributed by atoms with Crippen molar-refractivity contribution in [3.05, 3.63) is 77.9 Å². The van der Waals surface area contributed by atoms with Crippen molar-refractivity contribution in [1.29, 1.82) is 0 Å². The van der Waals surface area contributed by atoms with Gasteiger partial charge in [-0.15, -0.1) is 11.3 Å². The Morgan fingerprint density at radius 1 is 0.906 bits per heavy atom. The summed E-state index contributed by atoms with van der Waals surface area (Å²) in [6.45, 7) is 0. The van der Waals surface area contributed by atoms with Crippen LogP contribution in [0.5, 0.6) is 11.5 Å². The third kappa shape index (κ3) is 4.70. The van der Waals surface area contributed by atoms with E-state index in [-0.39, 0.29) is 5.82 Å². The molecule has 0 aliphatic rings. The van der Waals surface area contributed by atoms with Gasteiger partial charge in [0.1, 0.15) is 22.3 Å². The van der Waals surface area contributed by atoms with Gasteiger partial charge in [0.15, 0.2) is 0 Å². The molecule has 162 valence electrons. The summed E-state index contributed by atoms with van der Waals surface area (Å²) in [7, 11) is 3.08. The number of carbonyl (C=O) groups excluding carboxylic acids is 1. The van der Waals surface area contributed by atoms with Crippen molar-refractivity contribution in [2.45, 2.75) is 0 Å². The molecule has 4 rings (SSSR count). The van der Waals surface area contributed by atoms with E-state index in [9.17, 15) is 9.18 Å². The number of rotatable bonds is 6. The van der Waals surface area contributed by atoms with Crippen molar-refractivity contribution in [3.8, 4) is 33.3 Å². The molecule has 1 aromatic heterocycles. The maximum atomic E-state index is 14.1. The first-order chi connectivity index (χ1) is 15.6. The first-order valence-electron chi connectivity index (χ1n) is 9.68. The lowest BCUT2D eigenvalue weighted by molar-refractivity contribution is 0.262. The highest BCUT2D eigenvalue weighted by atomic mass is 32.1. The molecule has 6 nitrogen and oxygen atoms in total. The van der Waals surface area contributed by atoms with Gasteiger partial charge >= 0.3 is 6.03 Å². The second kappa shape index (κ2) is 9.49. The molecule has 0 saturated heterocycles. The standard InChI is InChI=1S/C24H20FN3O3S/c1-30-16-11-15(12-17(13-16)31-2)26-24(29)28-21-10-6-4-8-19(21)22-14-32-23(27-22)18-7-3-5-9-20(18)25/h3-14H,1-2H3,(H2,26,28,29). The zero-order chi connectivity index (χ0) is 22.5. The van der Waals surface area contributed by atoms with Gasteiger partial charge in [-0.1, -0.05) is 30.3 Å². The van der Waals surface area contributed by atoms with E-state index in [0.717, 1.165) is 5.56 Å². The molecule has 0 bridgehead atoms. The number of nitrogens with one attached hydrogen (secondary N) is 2. The Kier molecular flexibility index (Phi) is 6.32. The van der Waals surface area contributed by atoms with Crippen LogP contribution < -0.4 is 20.1 Å². The largest absolute Gasteiger partial charge is 0.497 e. The molecule has 1 heterocycles. The maximum absolute atomic E-state index is 14.1. The molecule has 3 aromatic carbocycles. The molecular formula is C24H20FN3O3S. The summed E-state index contributed by atoms with van der Waals surface area (Å²) in [4.78, 5) is 17.2. The molecule has 0 aliphatic heterocycles. The number of anilines is 2. The first kappa shape index (κ1) is 21.3. The molecule has 4 aromatic rings. The van der Waals surface area contributed by atoms with Crippen LogP contribution in [0, 0.1) is 5.82 Å². The average Bonchev–Trinajstić information content (AvgIpc) is 3.29. The van der Waals surface area contributed by atoms with Gasteiger partial charge < -0.3 is 20.1 Å². The number of para-hydroxylation sites is 1. The predicted octanol–water partition coefficient (Wildman–Crippen LogP) is 6.28. The van der Waals surface area contributed by atoms with E-state index in [0.29, 0.717) is 39.1 Å². The SMILES string of the molecule is COc1cc(NC(=O)Nc2ccccc2-c2csc(-c3ccccc3F)n2)cc(OC)c1. The molecule has 0 radical (unpaired) electrons. The van der Waals surface area contributed by atoms with Gasteiger partial charge in [0.05, 0.1) is 25.6 Å². The number of urea groups is 1. The highest BCUT2D eigenvalue weighted by molar-refractivity contribution is 7.13. The second-order valence-electron chi connectivity index (χ2n) is 6.74. The van der Waals surface area contributed by atoms with E-state index in [1.54, 1.807) is 42.5 Å². The summed E-state index contributed by atoms with van der Waals surface area (Å²) >= 11 is 1.34. The normalized spacial score (nSPS) is 10.5. The molecule has 2 N–H and O–H groups in total. The molecule has 0 atom stereocenters. The zero-order valence-corrected chi connectivity index (χ0v) is 18.2.